The third-order valence-corrected chi connectivity index (χ3v) is 5.83. The molecule has 2 atom stereocenters. The minimum atomic E-state index is -0.924. The van der Waals surface area contributed by atoms with Crippen LogP contribution < -0.4 is 10.9 Å². The number of amides is 2. The van der Waals surface area contributed by atoms with Crippen LogP contribution in [-0.2, 0) is 16.0 Å². The van der Waals surface area contributed by atoms with Gasteiger partial charge in [-0.2, -0.15) is 4.99 Å². The van der Waals surface area contributed by atoms with Crippen molar-refractivity contribution >= 4 is 28.7 Å². The van der Waals surface area contributed by atoms with E-state index in [4.69, 9.17) is 0 Å². The molecule has 1 saturated heterocycles. The van der Waals surface area contributed by atoms with Gasteiger partial charge in [-0.3, -0.25) is 19.7 Å². The molecule has 7 heteroatoms. The Morgan fingerprint density at radius 1 is 1.17 bits per heavy atom. The maximum atomic E-state index is 12.8. The van der Waals surface area contributed by atoms with Gasteiger partial charge >= 0.3 is 0 Å². The second kappa shape index (κ2) is 7.46. The standard InChI is InChI=1S/C22H26N4O3/c1-12-5-4-6-26(11-12)22-24-20(28)17(21(29)25-22)9-15-10-18(27)23-19-14(3)7-13(2)8-16(15)19/h7-8,10,12,17H,4-6,9,11H2,1-3H3,(H,23,27)(H,24,25,28,29). The van der Waals surface area contributed by atoms with Gasteiger partial charge in [0, 0.05) is 24.5 Å². The summed E-state index contributed by atoms with van der Waals surface area (Å²) in [5.74, 6) is -0.849. The van der Waals surface area contributed by atoms with Crippen LogP contribution in [0.4, 0.5) is 0 Å². The smallest absolute Gasteiger partial charge is 0.261 e. The summed E-state index contributed by atoms with van der Waals surface area (Å²) in [5.41, 5.74) is 3.21. The second-order valence-electron chi connectivity index (χ2n) is 8.38. The van der Waals surface area contributed by atoms with Gasteiger partial charge in [-0.1, -0.05) is 18.6 Å². The van der Waals surface area contributed by atoms with Crippen molar-refractivity contribution in [3.05, 3.63) is 45.2 Å². The van der Waals surface area contributed by atoms with E-state index >= 15 is 0 Å². The van der Waals surface area contributed by atoms with Gasteiger partial charge in [0.1, 0.15) is 5.92 Å². The van der Waals surface area contributed by atoms with Gasteiger partial charge in [0.05, 0.1) is 5.52 Å². The first-order chi connectivity index (χ1) is 13.8. The van der Waals surface area contributed by atoms with Crippen LogP contribution in [0.2, 0.25) is 0 Å². The first-order valence-corrected chi connectivity index (χ1v) is 10.1. The van der Waals surface area contributed by atoms with Crippen molar-refractivity contribution < 1.29 is 9.59 Å². The third kappa shape index (κ3) is 3.81. The highest BCUT2D eigenvalue weighted by atomic mass is 16.2. The van der Waals surface area contributed by atoms with E-state index in [1.165, 1.54) is 6.07 Å². The first kappa shape index (κ1) is 19.4. The van der Waals surface area contributed by atoms with Crippen LogP contribution in [0.25, 0.3) is 10.9 Å². The number of aromatic nitrogens is 1. The molecule has 2 unspecified atom stereocenters. The zero-order chi connectivity index (χ0) is 20.7. The van der Waals surface area contributed by atoms with E-state index in [0.717, 1.165) is 48.0 Å². The number of likely N-dealkylation sites (tertiary alicyclic amines) is 1. The molecule has 2 amide bonds. The number of hydrogen-bond donors (Lipinski definition) is 2. The molecule has 2 N–H and O–H groups in total. The third-order valence-electron chi connectivity index (χ3n) is 5.83. The minimum absolute atomic E-state index is 0.154. The van der Waals surface area contributed by atoms with E-state index in [2.05, 4.69) is 22.2 Å². The highest BCUT2D eigenvalue weighted by Gasteiger charge is 2.35. The van der Waals surface area contributed by atoms with E-state index in [-0.39, 0.29) is 17.9 Å². The average molecular weight is 394 g/mol. The lowest BCUT2D eigenvalue weighted by Crippen LogP contribution is -2.54. The van der Waals surface area contributed by atoms with Crippen molar-refractivity contribution in [3.8, 4) is 0 Å². The number of fused-ring (bicyclic) bond motifs is 1. The van der Waals surface area contributed by atoms with Crippen LogP contribution in [-0.4, -0.2) is 40.7 Å². The van der Waals surface area contributed by atoms with Crippen molar-refractivity contribution in [2.45, 2.75) is 40.0 Å². The quantitative estimate of drug-likeness (QED) is 0.762. The Kier molecular flexibility index (Phi) is 4.98. The summed E-state index contributed by atoms with van der Waals surface area (Å²) in [5, 5.41) is 3.69. The van der Waals surface area contributed by atoms with Gasteiger partial charge in [-0.15, -0.1) is 0 Å². The summed E-state index contributed by atoms with van der Waals surface area (Å²) < 4.78 is 0. The number of piperidine rings is 1. The molecule has 29 heavy (non-hydrogen) atoms. The number of carbonyl (C=O) groups excluding carboxylic acids is 2. The normalized spacial score (nSPS) is 22.6. The number of H-pyrrole nitrogens is 1. The van der Waals surface area contributed by atoms with E-state index in [9.17, 15) is 14.4 Å². The predicted molar refractivity (Wildman–Crippen MR) is 112 cm³/mol. The number of guanidine groups is 1. The number of hydrogen-bond acceptors (Lipinski definition) is 4. The van der Waals surface area contributed by atoms with Crippen LogP contribution in [0.3, 0.4) is 0 Å². The van der Waals surface area contributed by atoms with E-state index in [0.29, 0.717) is 17.4 Å². The fraction of sp³-hybridized carbons (Fsp3) is 0.455. The van der Waals surface area contributed by atoms with Gasteiger partial charge < -0.3 is 9.88 Å². The molecule has 2 aliphatic rings. The molecule has 2 aromatic rings. The highest BCUT2D eigenvalue weighted by molar-refractivity contribution is 6.15. The number of nitrogens with one attached hydrogen (secondary N) is 2. The van der Waals surface area contributed by atoms with Crippen LogP contribution >= 0.6 is 0 Å². The van der Waals surface area contributed by atoms with Gasteiger partial charge in [-0.05, 0) is 56.2 Å². The molecule has 3 heterocycles. The second-order valence-corrected chi connectivity index (χ2v) is 8.38. The van der Waals surface area contributed by atoms with Crippen molar-refractivity contribution in [2.75, 3.05) is 13.1 Å². The minimum Gasteiger partial charge on any atom is -0.342 e. The molecule has 0 aliphatic carbocycles. The predicted octanol–water partition coefficient (Wildman–Crippen LogP) is 2.05. The van der Waals surface area contributed by atoms with Crippen LogP contribution in [0.15, 0.2) is 28.0 Å². The molecule has 0 bridgehead atoms. The Labute approximate surface area is 169 Å². The van der Waals surface area contributed by atoms with Crippen molar-refractivity contribution in [1.29, 1.82) is 0 Å². The van der Waals surface area contributed by atoms with Crippen molar-refractivity contribution in [1.82, 2.24) is 15.2 Å². The largest absolute Gasteiger partial charge is 0.342 e. The summed E-state index contributed by atoms with van der Waals surface area (Å²) in [7, 11) is 0. The molecule has 0 saturated carbocycles. The number of pyridine rings is 1. The molecule has 2 aliphatic heterocycles. The highest BCUT2D eigenvalue weighted by Crippen LogP contribution is 2.25. The monoisotopic (exact) mass is 394 g/mol. The molecular weight excluding hydrogens is 368 g/mol. The molecule has 4 rings (SSSR count). The molecule has 152 valence electrons. The fourth-order valence-electron chi connectivity index (χ4n) is 4.40. The molecule has 1 aromatic carbocycles. The van der Waals surface area contributed by atoms with Crippen LogP contribution in [0, 0.1) is 25.7 Å². The van der Waals surface area contributed by atoms with Gasteiger partial charge in [0.15, 0.2) is 0 Å². The lowest BCUT2D eigenvalue weighted by atomic mass is 9.93. The molecule has 1 fully saturated rings. The maximum Gasteiger partial charge on any atom is 0.261 e. The lowest BCUT2D eigenvalue weighted by Gasteiger charge is -2.35. The number of benzene rings is 1. The summed E-state index contributed by atoms with van der Waals surface area (Å²) in [6.45, 7) is 7.65. The fourth-order valence-corrected chi connectivity index (χ4v) is 4.40. The zero-order valence-corrected chi connectivity index (χ0v) is 17.0. The Hall–Kier alpha value is -2.96. The zero-order valence-electron chi connectivity index (χ0n) is 17.0. The van der Waals surface area contributed by atoms with Gasteiger partial charge in [-0.25, -0.2) is 0 Å². The Morgan fingerprint density at radius 2 is 1.97 bits per heavy atom. The molecular formula is C22H26N4O3. The lowest BCUT2D eigenvalue weighted by molar-refractivity contribution is -0.133. The van der Waals surface area contributed by atoms with Crippen molar-refractivity contribution in [2.24, 2.45) is 16.8 Å². The molecule has 1 aromatic heterocycles. The van der Waals surface area contributed by atoms with E-state index in [1.807, 2.05) is 30.9 Å². The average Bonchev–Trinajstić information content (AvgIpc) is 2.65. The van der Waals surface area contributed by atoms with Crippen molar-refractivity contribution in [3.63, 3.8) is 0 Å². The van der Waals surface area contributed by atoms with Crippen LogP contribution in [0.1, 0.15) is 36.5 Å². The van der Waals surface area contributed by atoms with Crippen LogP contribution in [0.5, 0.6) is 0 Å². The topological polar surface area (TPSA) is 94.6 Å². The number of aromatic amines is 1. The summed E-state index contributed by atoms with van der Waals surface area (Å²) in [6.07, 6.45) is 2.31. The Bertz CT molecular complexity index is 1090. The van der Waals surface area contributed by atoms with Gasteiger partial charge in [0.25, 0.3) is 5.91 Å². The SMILES string of the molecule is Cc1cc(C)c2[nH]c(=O)cc(CC3C(=O)N=C(N4CCCC(C)C4)NC3=O)c2c1. The molecule has 7 nitrogen and oxygen atoms in total. The number of aliphatic imine (C=N–C) groups is 1. The summed E-state index contributed by atoms with van der Waals surface area (Å²) >= 11 is 0. The number of rotatable bonds is 2. The number of carbonyl (C=O) groups is 2. The van der Waals surface area contributed by atoms with E-state index in [1.54, 1.807) is 0 Å². The summed E-state index contributed by atoms with van der Waals surface area (Å²) in [4.78, 5) is 46.7. The number of aryl methyl sites for hydroxylation is 2. The maximum absolute atomic E-state index is 12.8. The Balaban J connectivity index is 1.65. The first-order valence-electron chi connectivity index (χ1n) is 10.1. The Morgan fingerprint density at radius 3 is 2.69 bits per heavy atom. The molecule has 0 spiro atoms. The molecule has 0 radical (unpaired) electrons. The van der Waals surface area contributed by atoms with E-state index < -0.39 is 11.8 Å². The van der Waals surface area contributed by atoms with Gasteiger partial charge in [0.2, 0.25) is 17.4 Å². The number of nitrogens with zero attached hydrogens (tertiary/aromatic N) is 2. The summed E-state index contributed by atoms with van der Waals surface area (Å²) in [6, 6.07) is 5.45.